The second kappa shape index (κ2) is 6.10. The van der Waals surface area contributed by atoms with Crippen molar-refractivity contribution in [1.29, 1.82) is 0 Å². The van der Waals surface area contributed by atoms with E-state index in [0.29, 0.717) is 0 Å². The fourth-order valence-corrected chi connectivity index (χ4v) is 2.28. The number of halogens is 1. The fourth-order valence-electron chi connectivity index (χ4n) is 2.14. The lowest BCUT2D eigenvalue weighted by atomic mass is 10.1. The van der Waals surface area contributed by atoms with E-state index in [1.807, 2.05) is 0 Å². The maximum absolute atomic E-state index is 3.81. The first-order valence-electron chi connectivity index (χ1n) is 6.18. The molecule has 0 saturated carbocycles. The van der Waals surface area contributed by atoms with Crippen molar-refractivity contribution in [2.24, 2.45) is 0 Å². The predicted molar refractivity (Wildman–Crippen MR) is 79.1 cm³/mol. The van der Waals surface area contributed by atoms with Crippen LogP contribution in [0.3, 0.4) is 0 Å². The highest BCUT2D eigenvalue weighted by molar-refractivity contribution is 9.11. The van der Waals surface area contributed by atoms with E-state index < -0.39 is 0 Å². The Bertz CT molecular complexity index is 366. The minimum Gasteiger partial charge on any atom is -0.380 e. The molecular formula is C14H19BrN2. The molecule has 0 amide bonds. The highest BCUT2D eigenvalue weighted by Gasteiger charge is 2.10. The number of hydrogen-bond acceptors (Lipinski definition) is 2. The molecule has 0 unspecified atom stereocenters. The standard InChI is InChI=1S/C14H19BrN2/c1-12(15)11-16-13-5-7-14(8-6-13)17-9-3-2-4-10-17/h5-8,16H,1-4,9-11H2. The molecule has 1 aromatic carbocycles. The maximum atomic E-state index is 3.81. The molecule has 1 aliphatic heterocycles. The van der Waals surface area contributed by atoms with Gasteiger partial charge in [-0.2, -0.15) is 0 Å². The van der Waals surface area contributed by atoms with Crippen molar-refractivity contribution in [2.45, 2.75) is 19.3 Å². The highest BCUT2D eigenvalue weighted by Crippen LogP contribution is 2.21. The summed E-state index contributed by atoms with van der Waals surface area (Å²) < 4.78 is 0.970. The van der Waals surface area contributed by atoms with Gasteiger partial charge in [-0.1, -0.05) is 22.5 Å². The number of anilines is 2. The molecule has 1 N–H and O–H groups in total. The van der Waals surface area contributed by atoms with Crippen LogP contribution in [0.4, 0.5) is 11.4 Å². The van der Waals surface area contributed by atoms with Crippen molar-refractivity contribution in [3.8, 4) is 0 Å². The smallest absolute Gasteiger partial charge is 0.0460 e. The Labute approximate surface area is 112 Å². The van der Waals surface area contributed by atoms with E-state index in [2.05, 4.69) is 57.0 Å². The zero-order chi connectivity index (χ0) is 12.1. The van der Waals surface area contributed by atoms with Gasteiger partial charge < -0.3 is 10.2 Å². The molecule has 2 nitrogen and oxygen atoms in total. The lowest BCUT2D eigenvalue weighted by Crippen LogP contribution is -2.29. The third-order valence-corrected chi connectivity index (χ3v) is 3.35. The summed E-state index contributed by atoms with van der Waals surface area (Å²) in [5.74, 6) is 0. The average molecular weight is 295 g/mol. The van der Waals surface area contributed by atoms with Gasteiger partial charge in [-0.25, -0.2) is 0 Å². The number of nitrogens with one attached hydrogen (secondary N) is 1. The monoisotopic (exact) mass is 294 g/mol. The highest BCUT2D eigenvalue weighted by atomic mass is 79.9. The molecule has 0 aromatic heterocycles. The summed E-state index contributed by atoms with van der Waals surface area (Å²) >= 11 is 3.34. The van der Waals surface area contributed by atoms with Gasteiger partial charge in [0.15, 0.2) is 0 Å². The van der Waals surface area contributed by atoms with E-state index in [-0.39, 0.29) is 0 Å². The van der Waals surface area contributed by atoms with Crippen LogP contribution in [0.5, 0.6) is 0 Å². The zero-order valence-corrected chi connectivity index (χ0v) is 11.7. The molecule has 0 bridgehead atoms. The van der Waals surface area contributed by atoms with Crippen LogP contribution in [0.25, 0.3) is 0 Å². The summed E-state index contributed by atoms with van der Waals surface area (Å²) in [5.41, 5.74) is 2.49. The summed E-state index contributed by atoms with van der Waals surface area (Å²) in [7, 11) is 0. The third-order valence-electron chi connectivity index (χ3n) is 3.07. The molecule has 17 heavy (non-hydrogen) atoms. The number of piperidine rings is 1. The van der Waals surface area contributed by atoms with Gasteiger partial charge in [0.25, 0.3) is 0 Å². The maximum Gasteiger partial charge on any atom is 0.0460 e. The van der Waals surface area contributed by atoms with Crippen LogP contribution in [0.2, 0.25) is 0 Å². The number of rotatable bonds is 4. The molecule has 1 saturated heterocycles. The van der Waals surface area contributed by atoms with Gasteiger partial charge in [0, 0.05) is 35.5 Å². The molecule has 0 atom stereocenters. The van der Waals surface area contributed by atoms with Gasteiger partial charge in [-0.15, -0.1) is 0 Å². The molecule has 1 aliphatic rings. The van der Waals surface area contributed by atoms with Crippen molar-refractivity contribution < 1.29 is 0 Å². The van der Waals surface area contributed by atoms with E-state index in [1.165, 1.54) is 38.0 Å². The SMILES string of the molecule is C=C(Br)CNc1ccc(N2CCCCC2)cc1. The van der Waals surface area contributed by atoms with Gasteiger partial charge in [0.1, 0.15) is 0 Å². The lowest BCUT2D eigenvalue weighted by Gasteiger charge is -2.28. The predicted octanol–water partition coefficient (Wildman–Crippen LogP) is 4.00. The second-order valence-electron chi connectivity index (χ2n) is 4.47. The number of nitrogens with zero attached hydrogens (tertiary/aromatic N) is 1. The second-order valence-corrected chi connectivity index (χ2v) is 5.59. The molecule has 2 rings (SSSR count). The lowest BCUT2D eigenvalue weighted by molar-refractivity contribution is 0.578. The quantitative estimate of drug-likeness (QED) is 0.903. The molecule has 1 heterocycles. The van der Waals surface area contributed by atoms with Crippen LogP contribution in [-0.2, 0) is 0 Å². The Balaban J connectivity index is 1.94. The topological polar surface area (TPSA) is 15.3 Å². The van der Waals surface area contributed by atoms with Gasteiger partial charge in [-0.05, 0) is 43.5 Å². The Morgan fingerprint density at radius 3 is 2.41 bits per heavy atom. The van der Waals surface area contributed by atoms with Gasteiger partial charge in [0.2, 0.25) is 0 Å². The Hall–Kier alpha value is -0.960. The first-order chi connectivity index (χ1) is 8.25. The molecule has 0 spiro atoms. The van der Waals surface area contributed by atoms with E-state index in [1.54, 1.807) is 0 Å². The van der Waals surface area contributed by atoms with Crippen LogP contribution < -0.4 is 10.2 Å². The molecular weight excluding hydrogens is 276 g/mol. The number of benzene rings is 1. The third kappa shape index (κ3) is 3.77. The Morgan fingerprint density at radius 2 is 1.82 bits per heavy atom. The average Bonchev–Trinajstić information content (AvgIpc) is 2.38. The Kier molecular flexibility index (Phi) is 4.49. The first kappa shape index (κ1) is 12.5. The van der Waals surface area contributed by atoms with E-state index in [0.717, 1.165) is 16.7 Å². The van der Waals surface area contributed by atoms with Crippen molar-refractivity contribution >= 4 is 27.3 Å². The summed E-state index contributed by atoms with van der Waals surface area (Å²) in [4.78, 5) is 2.47. The summed E-state index contributed by atoms with van der Waals surface area (Å²) in [6.07, 6.45) is 4.02. The largest absolute Gasteiger partial charge is 0.380 e. The summed E-state index contributed by atoms with van der Waals surface area (Å²) in [6.45, 7) is 6.97. The van der Waals surface area contributed by atoms with E-state index in [4.69, 9.17) is 0 Å². The van der Waals surface area contributed by atoms with Crippen molar-refractivity contribution in [3.63, 3.8) is 0 Å². The molecule has 0 radical (unpaired) electrons. The summed E-state index contributed by atoms with van der Waals surface area (Å²) in [5, 5.41) is 3.31. The van der Waals surface area contributed by atoms with Crippen LogP contribution >= 0.6 is 15.9 Å². The first-order valence-corrected chi connectivity index (χ1v) is 6.97. The van der Waals surface area contributed by atoms with Crippen LogP contribution in [0.15, 0.2) is 35.3 Å². The van der Waals surface area contributed by atoms with Crippen molar-refractivity contribution in [3.05, 3.63) is 35.3 Å². The fraction of sp³-hybridized carbons (Fsp3) is 0.429. The van der Waals surface area contributed by atoms with Crippen LogP contribution in [0.1, 0.15) is 19.3 Å². The summed E-state index contributed by atoms with van der Waals surface area (Å²) in [6, 6.07) is 8.68. The molecule has 3 heteroatoms. The van der Waals surface area contributed by atoms with Gasteiger partial charge in [-0.3, -0.25) is 0 Å². The number of hydrogen-bond donors (Lipinski definition) is 1. The minimum atomic E-state index is 0.767. The normalized spacial score (nSPS) is 15.7. The zero-order valence-electron chi connectivity index (χ0n) is 10.1. The molecule has 0 aliphatic carbocycles. The van der Waals surface area contributed by atoms with Gasteiger partial charge >= 0.3 is 0 Å². The van der Waals surface area contributed by atoms with Crippen LogP contribution in [-0.4, -0.2) is 19.6 Å². The van der Waals surface area contributed by atoms with Crippen molar-refractivity contribution in [2.75, 3.05) is 29.9 Å². The van der Waals surface area contributed by atoms with E-state index in [9.17, 15) is 0 Å². The molecule has 1 aromatic rings. The van der Waals surface area contributed by atoms with Crippen molar-refractivity contribution in [1.82, 2.24) is 0 Å². The molecule has 1 fully saturated rings. The molecule has 92 valence electrons. The van der Waals surface area contributed by atoms with Crippen LogP contribution in [0, 0.1) is 0 Å². The van der Waals surface area contributed by atoms with Gasteiger partial charge in [0.05, 0.1) is 0 Å². The Morgan fingerprint density at radius 1 is 1.18 bits per heavy atom. The minimum absolute atomic E-state index is 0.767. The van der Waals surface area contributed by atoms with E-state index >= 15 is 0 Å².